The summed E-state index contributed by atoms with van der Waals surface area (Å²) in [5.74, 6) is -2.06. The van der Waals surface area contributed by atoms with Gasteiger partial charge in [0.05, 0.1) is 11.8 Å². The number of benzene rings is 1. The summed E-state index contributed by atoms with van der Waals surface area (Å²) in [6.45, 7) is -0.529. The van der Waals surface area contributed by atoms with Crippen LogP contribution < -0.4 is 5.32 Å². The molecule has 1 aromatic rings. The molecule has 2 nitrogen and oxygen atoms in total. The molecule has 1 aromatic carbocycles. The maximum Gasteiger partial charge on any atom is 0.406 e. The van der Waals surface area contributed by atoms with E-state index in [0.29, 0.717) is 19.7 Å². The van der Waals surface area contributed by atoms with Gasteiger partial charge in [0.1, 0.15) is 0 Å². The molecule has 0 spiro atoms. The van der Waals surface area contributed by atoms with Crippen molar-refractivity contribution in [2.24, 2.45) is 5.92 Å². The molecular formula is C10H6Br2ClF3N2. The molecule has 1 atom stereocenters. The lowest BCUT2D eigenvalue weighted by Gasteiger charge is -2.16. The first kappa shape index (κ1) is 15.6. The van der Waals surface area contributed by atoms with Crippen LogP contribution in [0.5, 0.6) is 0 Å². The first-order chi connectivity index (χ1) is 8.25. The molecule has 98 valence electrons. The van der Waals surface area contributed by atoms with Crippen LogP contribution in [0.3, 0.4) is 0 Å². The second kappa shape index (κ2) is 6.13. The van der Waals surface area contributed by atoms with Gasteiger partial charge in [-0.3, -0.25) is 0 Å². The van der Waals surface area contributed by atoms with Crippen molar-refractivity contribution in [2.45, 2.75) is 6.18 Å². The van der Waals surface area contributed by atoms with Crippen molar-refractivity contribution < 1.29 is 13.2 Å². The van der Waals surface area contributed by atoms with Crippen molar-refractivity contribution in [3.05, 3.63) is 26.1 Å². The number of hydrogen-bond donors (Lipinski definition) is 1. The number of halogens is 6. The number of nitrogens with zero attached hydrogens (tertiary/aromatic N) is 1. The van der Waals surface area contributed by atoms with Crippen LogP contribution >= 0.6 is 43.5 Å². The van der Waals surface area contributed by atoms with E-state index in [1.807, 2.05) is 0 Å². The van der Waals surface area contributed by atoms with Crippen molar-refractivity contribution in [1.82, 2.24) is 0 Å². The predicted molar refractivity (Wildman–Crippen MR) is 70.5 cm³/mol. The maximum absolute atomic E-state index is 12.4. The third-order valence-electron chi connectivity index (χ3n) is 2.04. The van der Waals surface area contributed by atoms with Gasteiger partial charge in [-0.2, -0.15) is 18.4 Å². The summed E-state index contributed by atoms with van der Waals surface area (Å²) in [5.41, 5.74) is 0.420. The number of alkyl halides is 3. The van der Waals surface area contributed by atoms with Gasteiger partial charge in [0, 0.05) is 20.5 Å². The van der Waals surface area contributed by atoms with Crippen LogP contribution in [0.15, 0.2) is 21.1 Å². The number of hydrogen-bond acceptors (Lipinski definition) is 2. The van der Waals surface area contributed by atoms with Crippen LogP contribution in [0, 0.1) is 17.2 Å². The predicted octanol–water partition coefficient (Wildman–Crippen LogP) is 4.98. The standard InChI is InChI=1S/C10H6Br2ClF3N2/c11-7-1-6(13)2-8(12)9(7)18-4-5(3-17)10(14,15)16/h1-2,5,18H,4H2. The van der Waals surface area contributed by atoms with Gasteiger partial charge >= 0.3 is 6.18 Å². The lowest BCUT2D eigenvalue weighted by atomic mass is 10.1. The zero-order chi connectivity index (χ0) is 13.9. The van der Waals surface area contributed by atoms with Crippen molar-refractivity contribution in [1.29, 1.82) is 5.26 Å². The van der Waals surface area contributed by atoms with E-state index >= 15 is 0 Å². The van der Waals surface area contributed by atoms with Gasteiger partial charge in [0.25, 0.3) is 0 Å². The van der Waals surface area contributed by atoms with E-state index in [1.165, 1.54) is 6.07 Å². The fourth-order valence-electron chi connectivity index (χ4n) is 1.15. The summed E-state index contributed by atoms with van der Waals surface area (Å²) in [4.78, 5) is 0. The minimum absolute atomic E-state index is 0.420. The number of nitriles is 1. The Bertz CT molecular complexity index is 462. The van der Waals surface area contributed by atoms with E-state index in [9.17, 15) is 13.2 Å². The van der Waals surface area contributed by atoms with E-state index in [1.54, 1.807) is 12.1 Å². The van der Waals surface area contributed by atoms with Crippen LogP contribution in [0.25, 0.3) is 0 Å². The van der Waals surface area contributed by atoms with E-state index in [4.69, 9.17) is 16.9 Å². The molecule has 0 fully saturated rings. The first-order valence-electron chi connectivity index (χ1n) is 4.60. The molecule has 0 aromatic heterocycles. The first-order valence-corrected chi connectivity index (χ1v) is 6.57. The third-order valence-corrected chi connectivity index (χ3v) is 3.51. The second-order valence-corrected chi connectivity index (χ2v) is 5.49. The van der Waals surface area contributed by atoms with E-state index in [-0.39, 0.29) is 0 Å². The van der Waals surface area contributed by atoms with Gasteiger partial charge in [-0.1, -0.05) is 11.6 Å². The van der Waals surface area contributed by atoms with Crippen LogP contribution in [-0.4, -0.2) is 12.7 Å². The summed E-state index contributed by atoms with van der Waals surface area (Å²) < 4.78 is 38.2. The van der Waals surface area contributed by atoms with E-state index in [0.717, 1.165) is 0 Å². The smallest absolute Gasteiger partial charge is 0.382 e. The highest BCUT2D eigenvalue weighted by molar-refractivity contribution is 9.11. The van der Waals surface area contributed by atoms with Gasteiger partial charge in [-0.05, 0) is 44.0 Å². The number of nitrogens with one attached hydrogen (secondary N) is 1. The Balaban J connectivity index is 2.85. The van der Waals surface area contributed by atoms with Gasteiger partial charge in [0.2, 0.25) is 0 Å². The van der Waals surface area contributed by atoms with Gasteiger partial charge in [-0.25, -0.2) is 0 Å². The van der Waals surface area contributed by atoms with Gasteiger partial charge in [-0.15, -0.1) is 0 Å². The quantitative estimate of drug-likeness (QED) is 0.769. The average molecular weight is 406 g/mol. The molecule has 0 heterocycles. The Labute approximate surface area is 123 Å². The van der Waals surface area contributed by atoms with Gasteiger partial charge < -0.3 is 5.32 Å². The van der Waals surface area contributed by atoms with E-state index < -0.39 is 18.6 Å². The zero-order valence-electron chi connectivity index (χ0n) is 8.65. The van der Waals surface area contributed by atoms with E-state index in [2.05, 4.69) is 37.2 Å². The molecule has 0 bridgehead atoms. The van der Waals surface area contributed by atoms with Crippen LogP contribution in [0.1, 0.15) is 0 Å². The molecule has 1 unspecified atom stereocenters. The molecule has 0 amide bonds. The van der Waals surface area contributed by atoms with Crippen molar-refractivity contribution in [3.63, 3.8) is 0 Å². The Morgan fingerprint density at radius 2 is 1.83 bits per heavy atom. The molecule has 0 aliphatic rings. The highest BCUT2D eigenvalue weighted by Gasteiger charge is 2.39. The van der Waals surface area contributed by atoms with Crippen LogP contribution in [-0.2, 0) is 0 Å². The molecule has 0 saturated heterocycles. The molecule has 1 N–H and O–H groups in total. The number of anilines is 1. The molecule has 8 heteroatoms. The fourth-order valence-corrected chi connectivity index (χ4v) is 3.10. The Kier molecular flexibility index (Phi) is 5.32. The molecule has 18 heavy (non-hydrogen) atoms. The summed E-state index contributed by atoms with van der Waals surface area (Å²) in [7, 11) is 0. The Morgan fingerprint density at radius 3 is 2.22 bits per heavy atom. The average Bonchev–Trinajstić information content (AvgIpc) is 2.19. The zero-order valence-corrected chi connectivity index (χ0v) is 12.6. The SMILES string of the molecule is N#CC(CNc1c(Br)cc(Cl)cc1Br)C(F)(F)F. The largest absolute Gasteiger partial charge is 0.406 e. The summed E-state index contributed by atoms with van der Waals surface area (Å²) in [6.07, 6.45) is -4.55. The summed E-state index contributed by atoms with van der Waals surface area (Å²) in [6, 6.07) is 4.31. The van der Waals surface area contributed by atoms with Gasteiger partial charge in [0.15, 0.2) is 5.92 Å². The Morgan fingerprint density at radius 1 is 1.33 bits per heavy atom. The highest BCUT2D eigenvalue weighted by atomic mass is 79.9. The normalized spacial score (nSPS) is 12.9. The molecule has 0 radical (unpaired) electrons. The minimum atomic E-state index is -4.55. The molecule has 0 aliphatic heterocycles. The lowest BCUT2D eigenvalue weighted by Crippen LogP contribution is -2.28. The van der Waals surface area contributed by atoms with Crippen LogP contribution in [0.4, 0.5) is 18.9 Å². The van der Waals surface area contributed by atoms with Crippen molar-refractivity contribution in [3.8, 4) is 6.07 Å². The minimum Gasteiger partial charge on any atom is -0.382 e. The number of rotatable bonds is 3. The third kappa shape index (κ3) is 4.04. The van der Waals surface area contributed by atoms with Crippen molar-refractivity contribution >= 4 is 49.1 Å². The highest BCUT2D eigenvalue weighted by Crippen LogP contribution is 2.35. The molecule has 0 saturated carbocycles. The lowest BCUT2D eigenvalue weighted by molar-refractivity contribution is -0.155. The summed E-state index contributed by atoms with van der Waals surface area (Å²) in [5, 5.41) is 11.5. The fraction of sp³-hybridized carbons (Fsp3) is 0.300. The van der Waals surface area contributed by atoms with Crippen molar-refractivity contribution in [2.75, 3.05) is 11.9 Å². The monoisotopic (exact) mass is 404 g/mol. The van der Waals surface area contributed by atoms with Crippen LogP contribution in [0.2, 0.25) is 5.02 Å². The molecular weight excluding hydrogens is 400 g/mol. The topological polar surface area (TPSA) is 35.8 Å². The Hall–Kier alpha value is -0.450. The maximum atomic E-state index is 12.4. The second-order valence-electron chi connectivity index (χ2n) is 3.35. The molecule has 1 rings (SSSR count). The summed E-state index contributed by atoms with van der Waals surface area (Å²) >= 11 is 12.1. The molecule has 0 aliphatic carbocycles.